The summed E-state index contributed by atoms with van der Waals surface area (Å²) in [4.78, 5) is 64.0. The predicted octanol–water partition coefficient (Wildman–Crippen LogP) is 13.7. The number of imidazole rings is 1. The topological polar surface area (TPSA) is 167 Å². The third-order valence-corrected chi connectivity index (χ3v) is 14.4. The van der Waals surface area contributed by atoms with E-state index in [1.807, 2.05) is 0 Å². The Hall–Kier alpha value is -2.59. The van der Waals surface area contributed by atoms with Gasteiger partial charge in [0.2, 0.25) is 0 Å². The van der Waals surface area contributed by atoms with E-state index < -0.39 is 46.9 Å². The van der Waals surface area contributed by atoms with Gasteiger partial charge in [0.25, 0.3) is 0 Å². The molecule has 64 heavy (non-hydrogen) atoms. The van der Waals surface area contributed by atoms with Crippen LogP contribution in [0.4, 0.5) is 0 Å². The van der Waals surface area contributed by atoms with Gasteiger partial charge >= 0.3 is 11.9 Å². The Balaban J connectivity index is 2.01. The Kier molecular flexibility index (Phi) is 33.7. The van der Waals surface area contributed by atoms with E-state index in [1.165, 1.54) is 173 Å². The molecule has 0 radical (unpaired) electrons. The van der Waals surface area contributed by atoms with Crippen LogP contribution in [0.2, 0.25) is 0 Å². The van der Waals surface area contributed by atoms with E-state index in [0.29, 0.717) is 31.6 Å². The van der Waals surface area contributed by atoms with Gasteiger partial charge in [-0.3, -0.25) is 24.1 Å². The molecule has 0 spiro atoms. The first-order valence-electron chi connectivity index (χ1n) is 27.2. The lowest BCUT2D eigenvalue weighted by molar-refractivity contribution is -0.168. The van der Waals surface area contributed by atoms with Gasteiger partial charge in [0.1, 0.15) is 5.41 Å². The fraction of sp³-hybridized carbons (Fsp3) is 0.870. The highest BCUT2D eigenvalue weighted by molar-refractivity contribution is 6.10. The summed E-state index contributed by atoms with van der Waals surface area (Å²) in [6.07, 6.45) is 45.1. The summed E-state index contributed by atoms with van der Waals surface area (Å²) in [6.45, 7) is 5.76. The van der Waals surface area contributed by atoms with E-state index in [1.54, 1.807) is 6.20 Å². The Bertz CT molecular complexity index is 1290. The molecule has 1 fully saturated rings. The van der Waals surface area contributed by atoms with Gasteiger partial charge < -0.3 is 20.9 Å². The first-order chi connectivity index (χ1) is 31.2. The zero-order chi connectivity index (χ0) is 46.5. The van der Waals surface area contributed by atoms with Crippen molar-refractivity contribution in [3.8, 4) is 0 Å². The largest absolute Gasteiger partial charge is 0.481 e. The second-order valence-corrected chi connectivity index (χ2v) is 19.8. The number of unbranched alkanes of at least 4 members (excludes halogenated alkanes) is 30. The standard InChI is InChI=1S/C54H98N4O6/c1-3-5-7-9-11-13-15-17-19-21-23-25-27-29-31-35-41-58(42-36-32-30-28-26-24-22-20-18-16-14-12-10-8-6-4-2)49(38-39-50(59)60)52(62)54(53(63)64)40-34-33-37-47(54)51(61)48(55)43-46-44-56-45-57-46/h44-45,47-49H,3-43,55H2,1-2H3,(H,56,57)(H,59,60)(H,63,64). The Morgan fingerprint density at radius 3 is 1.42 bits per heavy atom. The summed E-state index contributed by atoms with van der Waals surface area (Å²) in [7, 11) is 0. The third kappa shape index (κ3) is 24.3. The van der Waals surface area contributed by atoms with Crippen molar-refractivity contribution in [2.75, 3.05) is 13.1 Å². The van der Waals surface area contributed by atoms with Crippen molar-refractivity contribution in [2.24, 2.45) is 17.1 Å². The number of carbonyl (C=O) groups excluding carboxylic acids is 2. The number of ketones is 2. The summed E-state index contributed by atoms with van der Waals surface area (Å²) in [5.41, 5.74) is 5.11. The first-order valence-corrected chi connectivity index (χ1v) is 27.2. The lowest BCUT2D eigenvalue weighted by Crippen LogP contribution is -2.59. The molecule has 0 aromatic carbocycles. The van der Waals surface area contributed by atoms with Gasteiger partial charge in [0.05, 0.1) is 24.1 Å². The van der Waals surface area contributed by atoms with Gasteiger partial charge in [-0.2, -0.15) is 0 Å². The third-order valence-electron chi connectivity index (χ3n) is 14.4. The second kappa shape index (κ2) is 37.5. The molecule has 1 aromatic rings. The molecule has 10 heteroatoms. The molecule has 10 nitrogen and oxygen atoms in total. The number of carboxylic acids is 2. The number of hydrogen-bond acceptors (Lipinski definition) is 7. The molecule has 1 saturated carbocycles. The van der Waals surface area contributed by atoms with Crippen molar-refractivity contribution >= 4 is 23.5 Å². The Morgan fingerprint density at radius 1 is 0.656 bits per heavy atom. The quantitative estimate of drug-likeness (QED) is 0.0368. The van der Waals surface area contributed by atoms with Crippen LogP contribution >= 0.6 is 0 Å². The number of hydrogen-bond donors (Lipinski definition) is 4. The van der Waals surface area contributed by atoms with E-state index >= 15 is 4.79 Å². The Morgan fingerprint density at radius 2 is 1.06 bits per heavy atom. The number of Topliss-reactive ketones (excluding diaryl/α,β-unsaturated/α-hetero) is 2. The summed E-state index contributed by atoms with van der Waals surface area (Å²) in [5.74, 6) is -4.28. The van der Waals surface area contributed by atoms with Crippen LogP contribution in [0.3, 0.4) is 0 Å². The average molecular weight is 899 g/mol. The fourth-order valence-electron chi connectivity index (χ4n) is 10.4. The predicted molar refractivity (Wildman–Crippen MR) is 264 cm³/mol. The summed E-state index contributed by atoms with van der Waals surface area (Å²) in [6, 6.07) is -1.89. The maximum absolute atomic E-state index is 15.1. The second-order valence-electron chi connectivity index (χ2n) is 19.8. The van der Waals surface area contributed by atoms with Crippen molar-refractivity contribution in [1.29, 1.82) is 0 Å². The molecule has 5 N–H and O–H groups in total. The van der Waals surface area contributed by atoms with Crippen LogP contribution in [0, 0.1) is 11.3 Å². The van der Waals surface area contributed by atoms with Gasteiger partial charge in [-0.25, -0.2) is 4.98 Å². The molecule has 0 saturated heterocycles. The lowest BCUT2D eigenvalue weighted by atomic mass is 9.59. The van der Waals surface area contributed by atoms with Crippen LogP contribution in [0.5, 0.6) is 0 Å². The molecule has 370 valence electrons. The highest BCUT2D eigenvalue weighted by Gasteiger charge is 2.58. The van der Waals surface area contributed by atoms with Crippen molar-refractivity contribution < 1.29 is 29.4 Å². The SMILES string of the molecule is CCCCCCCCCCCCCCCCCCN(CCCCCCCCCCCCCCCCCC)C(CCC(=O)O)C(=O)C1(C(=O)O)CCCCC1C(=O)C(N)Cc1c[nH]cn1. The summed E-state index contributed by atoms with van der Waals surface area (Å²) < 4.78 is 0. The summed E-state index contributed by atoms with van der Waals surface area (Å²) in [5, 5.41) is 20.9. The number of aromatic nitrogens is 2. The van der Waals surface area contributed by atoms with Crippen molar-refractivity contribution in [3.05, 3.63) is 18.2 Å². The van der Waals surface area contributed by atoms with E-state index in [4.69, 9.17) is 5.73 Å². The minimum absolute atomic E-state index is 0.0289. The minimum atomic E-state index is -1.94. The molecule has 4 unspecified atom stereocenters. The molecule has 0 amide bonds. The highest BCUT2D eigenvalue weighted by Crippen LogP contribution is 2.45. The molecule has 0 aliphatic heterocycles. The molecule has 2 rings (SSSR count). The number of nitrogens with one attached hydrogen (secondary N) is 1. The molecular formula is C54H98N4O6. The maximum Gasteiger partial charge on any atom is 0.318 e. The van der Waals surface area contributed by atoms with Crippen LogP contribution in [0.1, 0.15) is 264 Å². The van der Waals surface area contributed by atoms with Crippen molar-refractivity contribution in [3.63, 3.8) is 0 Å². The van der Waals surface area contributed by atoms with Gasteiger partial charge in [0.15, 0.2) is 11.6 Å². The number of carboxylic acid groups (broad SMARTS) is 2. The summed E-state index contributed by atoms with van der Waals surface area (Å²) >= 11 is 0. The molecule has 1 heterocycles. The van der Waals surface area contributed by atoms with Gasteiger partial charge in [0, 0.05) is 25.0 Å². The van der Waals surface area contributed by atoms with Crippen molar-refractivity contribution in [1.82, 2.24) is 14.9 Å². The number of nitrogens with two attached hydrogens (primary N) is 1. The number of H-pyrrole nitrogens is 1. The number of nitrogens with zero attached hydrogens (tertiary/aromatic N) is 2. The van der Waals surface area contributed by atoms with Gasteiger partial charge in [-0.05, 0) is 45.2 Å². The smallest absolute Gasteiger partial charge is 0.318 e. The van der Waals surface area contributed by atoms with E-state index in [9.17, 15) is 24.6 Å². The number of aliphatic carboxylic acids is 2. The van der Waals surface area contributed by atoms with E-state index in [2.05, 4.69) is 28.7 Å². The number of rotatable bonds is 45. The van der Waals surface area contributed by atoms with Crippen LogP contribution in [-0.2, 0) is 25.6 Å². The molecule has 1 aliphatic rings. The maximum atomic E-state index is 15.1. The molecule has 1 aliphatic carbocycles. The number of aromatic amines is 1. The molecular weight excluding hydrogens is 801 g/mol. The molecule has 0 bridgehead atoms. The normalized spacial score (nSPS) is 17.5. The lowest BCUT2D eigenvalue weighted by Gasteiger charge is -2.43. The van der Waals surface area contributed by atoms with Crippen molar-refractivity contribution in [2.45, 2.75) is 276 Å². The van der Waals surface area contributed by atoms with Crippen LogP contribution in [-0.4, -0.2) is 73.8 Å². The monoisotopic (exact) mass is 899 g/mol. The zero-order valence-electron chi connectivity index (χ0n) is 41.4. The highest BCUT2D eigenvalue weighted by atomic mass is 16.4. The van der Waals surface area contributed by atoms with E-state index in [-0.39, 0.29) is 32.1 Å². The van der Waals surface area contributed by atoms with Crippen LogP contribution in [0.15, 0.2) is 12.5 Å². The molecule has 1 aromatic heterocycles. The minimum Gasteiger partial charge on any atom is -0.481 e. The zero-order valence-corrected chi connectivity index (χ0v) is 41.4. The number of carbonyl (C=O) groups is 4. The van der Waals surface area contributed by atoms with Crippen LogP contribution in [0.25, 0.3) is 0 Å². The van der Waals surface area contributed by atoms with Gasteiger partial charge in [-0.15, -0.1) is 0 Å². The van der Waals surface area contributed by atoms with Gasteiger partial charge in [-0.1, -0.05) is 219 Å². The molecule has 4 atom stereocenters. The average Bonchev–Trinajstić information content (AvgIpc) is 3.80. The fourth-order valence-corrected chi connectivity index (χ4v) is 10.4. The first kappa shape index (κ1) is 57.5. The van der Waals surface area contributed by atoms with Crippen LogP contribution < -0.4 is 5.73 Å². The van der Waals surface area contributed by atoms with E-state index in [0.717, 1.165) is 38.5 Å². The Labute approximate surface area is 391 Å².